The minimum absolute atomic E-state index is 0.0508. The Hall–Kier alpha value is -3.39. The number of likely N-dealkylation sites (N-methyl/N-ethyl adjacent to an activating group) is 1. The fourth-order valence-electron chi connectivity index (χ4n) is 7.40. The van der Waals surface area contributed by atoms with Gasteiger partial charge in [-0.25, -0.2) is 4.79 Å². The van der Waals surface area contributed by atoms with Crippen molar-refractivity contribution in [3.8, 4) is 0 Å². The van der Waals surface area contributed by atoms with Crippen LogP contribution < -0.4 is 21.7 Å². The number of hydrogen-bond acceptors (Lipinski definition) is 6. The minimum atomic E-state index is -4.66. The SMILES string of the molecule is CN(C)C(=O)[C@@H](NC(=O)N[C@H](C(=O)N1C[C@@H]2C3C(C)(C)C32[C@H]1C(=O)NC(CCC(F)(F)F)C(=O)C(N)=O)C(C)(C)C)C(C)(C)C. The van der Waals surface area contributed by atoms with Crippen molar-refractivity contribution in [1.29, 1.82) is 0 Å². The molecule has 45 heavy (non-hydrogen) atoms. The Balaban J connectivity index is 1.90. The van der Waals surface area contributed by atoms with Gasteiger partial charge in [-0.2, -0.15) is 13.2 Å². The van der Waals surface area contributed by atoms with Gasteiger partial charge in [-0.1, -0.05) is 55.4 Å². The Morgan fingerprint density at radius 2 is 1.42 bits per heavy atom. The maximum Gasteiger partial charge on any atom is 0.389 e. The van der Waals surface area contributed by atoms with Crippen molar-refractivity contribution in [3.63, 3.8) is 0 Å². The number of nitrogens with one attached hydrogen (secondary N) is 3. The monoisotopic (exact) mass is 644 g/mol. The van der Waals surface area contributed by atoms with Crippen molar-refractivity contribution in [3.05, 3.63) is 0 Å². The largest absolute Gasteiger partial charge is 0.389 e. The van der Waals surface area contributed by atoms with Crippen LogP contribution in [0.2, 0.25) is 0 Å². The van der Waals surface area contributed by atoms with Crippen molar-refractivity contribution in [2.75, 3.05) is 20.6 Å². The maximum atomic E-state index is 14.2. The number of carbonyl (C=O) groups is 6. The first kappa shape index (κ1) is 36.1. The van der Waals surface area contributed by atoms with Gasteiger partial charge in [-0.05, 0) is 34.5 Å². The topological polar surface area (TPSA) is 171 Å². The first-order valence-corrected chi connectivity index (χ1v) is 15.0. The summed E-state index contributed by atoms with van der Waals surface area (Å²) in [4.78, 5) is 80.9. The molecule has 5 N–H and O–H groups in total. The molecule has 3 rings (SSSR count). The lowest BCUT2D eigenvalue weighted by molar-refractivity contribution is -0.147. The van der Waals surface area contributed by atoms with Crippen molar-refractivity contribution < 1.29 is 41.9 Å². The number of fused-ring (bicyclic) bond motifs is 1. The van der Waals surface area contributed by atoms with Crippen LogP contribution in [0.1, 0.15) is 68.2 Å². The van der Waals surface area contributed by atoms with Crippen LogP contribution in [0, 0.1) is 33.5 Å². The predicted molar refractivity (Wildman–Crippen MR) is 157 cm³/mol. The number of carbonyl (C=O) groups excluding carboxylic acids is 6. The lowest BCUT2D eigenvalue weighted by atomic mass is 9.83. The molecule has 7 atom stereocenters. The standard InChI is InChI=1S/C30H47F3N6O6/c1-26(2,3)18(23(43)38(9)10)36-25(45)37-19(27(4,5)6)24(44)39-13-14-17-28(7,8)30(14,17)20(39)22(42)35-15(16(40)21(34)41)11-12-29(31,32)33/h14-15,17-20H,11-13H2,1-10H3,(H2,34,41)(H,35,42)(H2,36,37,45)/t14-,15?,17?,18-,19-,20-,30?/m1/s1. The zero-order valence-electron chi connectivity index (χ0n) is 27.6. The molecule has 1 saturated heterocycles. The van der Waals surface area contributed by atoms with E-state index in [2.05, 4.69) is 16.0 Å². The van der Waals surface area contributed by atoms with Crippen LogP contribution in [0.15, 0.2) is 0 Å². The number of ketones is 1. The van der Waals surface area contributed by atoms with E-state index >= 15 is 0 Å². The zero-order valence-corrected chi connectivity index (χ0v) is 27.6. The van der Waals surface area contributed by atoms with E-state index < -0.39 is 89.0 Å². The summed E-state index contributed by atoms with van der Waals surface area (Å²) in [6, 6.07) is -5.86. The number of nitrogens with two attached hydrogens (primary N) is 1. The van der Waals surface area contributed by atoms with Crippen LogP contribution in [0.25, 0.3) is 0 Å². The number of amides is 6. The van der Waals surface area contributed by atoms with Gasteiger partial charge in [0, 0.05) is 32.5 Å². The van der Waals surface area contributed by atoms with Crippen LogP contribution in [0.4, 0.5) is 18.0 Å². The lowest BCUT2D eigenvalue weighted by Crippen LogP contribution is -2.63. The number of likely N-dealkylation sites (tertiary alicyclic amines) is 1. The predicted octanol–water partition coefficient (Wildman–Crippen LogP) is 1.57. The van der Waals surface area contributed by atoms with Gasteiger partial charge in [0.15, 0.2) is 0 Å². The van der Waals surface area contributed by atoms with Gasteiger partial charge >= 0.3 is 12.2 Å². The molecule has 1 heterocycles. The van der Waals surface area contributed by atoms with Crippen LogP contribution >= 0.6 is 0 Å². The van der Waals surface area contributed by atoms with E-state index in [1.807, 2.05) is 13.8 Å². The molecular formula is C30H47F3N6O6. The number of Topliss-reactive ketones (excluding diaryl/α,β-unsaturated/α-hetero) is 1. The molecule has 254 valence electrons. The zero-order chi connectivity index (χ0) is 34.8. The molecule has 3 aliphatic rings. The second-order valence-electron chi connectivity index (χ2n) is 15.5. The summed E-state index contributed by atoms with van der Waals surface area (Å²) in [5.41, 5.74) is 2.50. The smallest absolute Gasteiger partial charge is 0.363 e. The summed E-state index contributed by atoms with van der Waals surface area (Å²) in [5.74, 6) is -4.63. The van der Waals surface area contributed by atoms with Crippen molar-refractivity contribution in [2.24, 2.45) is 39.2 Å². The third-order valence-corrected chi connectivity index (χ3v) is 9.73. The maximum absolute atomic E-state index is 14.2. The highest BCUT2D eigenvalue weighted by molar-refractivity contribution is 6.37. The third-order valence-electron chi connectivity index (χ3n) is 9.73. The lowest BCUT2D eigenvalue weighted by Gasteiger charge is -2.38. The van der Waals surface area contributed by atoms with Gasteiger partial charge in [-0.15, -0.1) is 0 Å². The number of piperidine rings is 1. The van der Waals surface area contributed by atoms with E-state index in [0.29, 0.717) is 0 Å². The number of halogens is 3. The quantitative estimate of drug-likeness (QED) is 0.263. The molecule has 0 aromatic carbocycles. The summed E-state index contributed by atoms with van der Waals surface area (Å²) < 4.78 is 39.0. The van der Waals surface area contributed by atoms with E-state index in [9.17, 15) is 41.9 Å². The number of primary amides is 1. The molecule has 1 aliphatic heterocycles. The Labute approximate surface area is 261 Å². The van der Waals surface area contributed by atoms with Crippen LogP contribution in [-0.2, 0) is 24.0 Å². The summed E-state index contributed by atoms with van der Waals surface area (Å²) in [6.45, 7) is 14.5. The van der Waals surface area contributed by atoms with Crippen LogP contribution in [0.3, 0.4) is 0 Å². The van der Waals surface area contributed by atoms with E-state index in [-0.39, 0.29) is 29.7 Å². The minimum Gasteiger partial charge on any atom is -0.363 e. The highest BCUT2D eigenvalue weighted by atomic mass is 19.4. The average molecular weight is 645 g/mol. The van der Waals surface area contributed by atoms with Gasteiger partial charge in [0.1, 0.15) is 18.1 Å². The molecule has 2 aliphatic carbocycles. The van der Waals surface area contributed by atoms with Gasteiger partial charge < -0.3 is 31.5 Å². The molecule has 3 unspecified atom stereocenters. The number of hydrogen-bond donors (Lipinski definition) is 4. The van der Waals surface area contributed by atoms with Gasteiger partial charge in [0.2, 0.25) is 23.5 Å². The summed E-state index contributed by atoms with van der Waals surface area (Å²) in [6.07, 6.45) is -6.99. The molecule has 6 amide bonds. The fraction of sp³-hybridized carbons (Fsp3) is 0.800. The van der Waals surface area contributed by atoms with E-state index in [0.717, 1.165) is 0 Å². The van der Waals surface area contributed by atoms with Crippen molar-refractivity contribution in [2.45, 2.75) is 98.6 Å². The van der Waals surface area contributed by atoms with E-state index in [4.69, 9.17) is 5.73 Å². The first-order chi connectivity index (χ1) is 20.2. The molecule has 0 aromatic rings. The second-order valence-corrected chi connectivity index (χ2v) is 15.5. The molecule has 0 radical (unpaired) electrons. The first-order valence-electron chi connectivity index (χ1n) is 15.0. The number of urea groups is 1. The van der Waals surface area contributed by atoms with Crippen LogP contribution in [0.5, 0.6) is 0 Å². The van der Waals surface area contributed by atoms with Gasteiger partial charge in [0.25, 0.3) is 5.91 Å². The molecular weight excluding hydrogens is 597 g/mol. The summed E-state index contributed by atoms with van der Waals surface area (Å²) in [7, 11) is 3.12. The van der Waals surface area contributed by atoms with E-state index in [1.165, 1.54) is 9.80 Å². The summed E-state index contributed by atoms with van der Waals surface area (Å²) in [5, 5.41) is 7.67. The van der Waals surface area contributed by atoms with Crippen molar-refractivity contribution in [1.82, 2.24) is 25.8 Å². The molecule has 12 nitrogen and oxygen atoms in total. The highest BCUT2D eigenvalue weighted by Gasteiger charge is 2.97. The third kappa shape index (κ3) is 6.62. The molecule has 0 bridgehead atoms. The Morgan fingerprint density at radius 3 is 1.84 bits per heavy atom. The Morgan fingerprint density at radius 1 is 0.911 bits per heavy atom. The molecule has 1 spiro atoms. The normalized spacial score (nSPS) is 26.8. The fourth-order valence-corrected chi connectivity index (χ4v) is 7.40. The molecule has 15 heteroatoms. The second kappa shape index (κ2) is 11.4. The number of nitrogens with zero attached hydrogens (tertiary/aromatic N) is 2. The molecule has 0 aromatic heterocycles. The summed E-state index contributed by atoms with van der Waals surface area (Å²) >= 11 is 0. The van der Waals surface area contributed by atoms with Crippen LogP contribution in [-0.4, -0.2) is 96.2 Å². The highest BCUT2D eigenvalue weighted by Crippen LogP contribution is 2.95. The van der Waals surface area contributed by atoms with E-state index in [1.54, 1.807) is 55.6 Å². The Bertz CT molecular complexity index is 1270. The Kier molecular flexibility index (Phi) is 9.18. The van der Waals surface area contributed by atoms with Gasteiger partial charge in [-0.3, -0.25) is 24.0 Å². The number of alkyl halides is 3. The number of rotatable bonds is 10. The average Bonchev–Trinajstić information content (AvgIpc) is 3.64. The van der Waals surface area contributed by atoms with Crippen molar-refractivity contribution >= 4 is 35.4 Å². The molecule has 3 fully saturated rings. The molecule has 2 saturated carbocycles. The van der Waals surface area contributed by atoms with Gasteiger partial charge in [0.05, 0.1) is 6.04 Å².